The Morgan fingerprint density at radius 2 is 1.78 bits per heavy atom. The molecule has 0 unspecified atom stereocenters. The van der Waals surface area contributed by atoms with Gasteiger partial charge in [-0.15, -0.1) is 0 Å². The topological polar surface area (TPSA) is 63.8 Å². The molecule has 18 heavy (non-hydrogen) atoms. The van der Waals surface area contributed by atoms with Crippen LogP contribution in [0.5, 0.6) is 0 Å². The molecule has 1 aromatic heterocycles. The molecule has 8 heteroatoms. The third-order valence-corrected chi connectivity index (χ3v) is 2.30. The molecule has 0 fully saturated rings. The van der Waals surface area contributed by atoms with Crippen LogP contribution in [-0.4, -0.2) is 9.97 Å². The number of halogens is 4. The highest BCUT2D eigenvalue weighted by molar-refractivity contribution is 6.32. The van der Waals surface area contributed by atoms with E-state index in [2.05, 4.69) is 15.3 Å². The summed E-state index contributed by atoms with van der Waals surface area (Å²) in [7, 11) is 0. The average Bonchev–Trinajstić information content (AvgIpc) is 2.30. The van der Waals surface area contributed by atoms with Gasteiger partial charge >= 0.3 is 0 Å². The minimum absolute atomic E-state index is 0.00549. The lowest BCUT2D eigenvalue weighted by molar-refractivity contribution is 0.496. The van der Waals surface area contributed by atoms with Crippen molar-refractivity contribution in [2.45, 2.75) is 0 Å². The molecule has 0 amide bonds. The zero-order chi connectivity index (χ0) is 13.3. The summed E-state index contributed by atoms with van der Waals surface area (Å²) >= 11 is 5.74. The second kappa shape index (κ2) is 4.69. The lowest BCUT2D eigenvalue weighted by atomic mass is 10.3. The SMILES string of the molecule is Nc1ncc(Cl)c(Nc2cc(F)c(F)cc2F)n1. The van der Waals surface area contributed by atoms with E-state index in [0.717, 1.165) is 0 Å². The van der Waals surface area contributed by atoms with Crippen LogP contribution in [-0.2, 0) is 0 Å². The minimum atomic E-state index is -1.29. The van der Waals surface area contributed by atoms with Crippen LogP contribution in [0.3, 0.4) is 0 Å². The number of nitrogens with one attached hydrogen (secondary N) is 1. The van der Waals surface area contributed by atoms with Crippen LogP contribution in [0, 0.1) is 17.5 Å². The molecule has 1 aromatic carbocycles. The fraction of sp³-hybridized carbons (Fsp3) is 0. The van der Waals surface area contributed by atoms with Gasteiger partial charge in [0.1, 0.15) is 10.8 Å². The monoisotopic (exact) mass is 274 g/mol. The second-order valence-electron chi connectivity index (χ2n) is 3.30. The van der Waals surface area contributed by atoms with Crippen LogP contribution >= 0.6 is 11.6 Å². The quantitative estimate of drug-likeness (QED) is 0.827. The van der Waals surface area contributed by atoms with Crippen LogP contribution in [0.25, 0.3) is 0 Å². The number of rotatable bonds is 2. The maximum atomic E-state index is 13.4. The van der Waals surface area contributed by atoms with Crippen LogP contribution in [0.2, 0.25) is 5.02 Å². The van der Waals surface area contributed by atoms with Gasteiger partial charge in [0, 0.05) is 12.1 Å². The van der Waals surface area contributed by atoms with Crippen molar-refractivity contribution < 1.29 is 13.2 Å². The first-order chi connectivity index (χ1) is 8.47. The summed E-state index contributed by atoms with van der Waals surface area (Å²) in [5.74, 6) is -3.57. The molecule has 3 N–H and O–H groups in total. The van der Waals surface area contributed by atoms with E-state index in [1.165, 1.54) is 6.20 Å². The molecule has 1 heterocycles. The smallest absolute Gasteiger partial charge is 0.222 e. The first-order valence-electron chi connectivity index (χ1n) is 4.67. The maximum absolute atomic E-state index is 13.4. The van der Waals surface area contributed by atoms with Crippen LogP contribution in [0.15, 0.2) is 18.3 Å². The van der Waals surface area contributed by atoms with Crippen molar-refractivity contribution in [3.05, 3.63) is 40.8 Å². The van der Waals surface area contributed by atoms with E-state index < -0.39 is 17.5 Å². The summed E-state index contributed by atoms with van der Waals surface area (Å²) in [5, 5.41) is 2.47. The van der Waals surface area contributed by atoms with Crippen molar-refractivity contribution in [3.63, 3.8) is 0 Å². The van der Waals surface area contributed by atoms with Gasteiger partial charge in [0.05, 0.1) is 11.9 Å². The van der Waals surface area contributed by atoms with Gasteiger partial charge in [-0.2, -0.15) is 4.98 Å². The van der Waals surface area contributed by atoms with E-state index in [-0.39, 0.29) is 22.5 Å². The Kier molecular flexibility index (Phi) is 3.24. The van der Waals surface area contributed by atoms with Gasteiger partial charge in [0.2, 0.25) is 5.95 Å². The highest BCUT2D eigenvalue weighted by Gasteiger charge is 2.12. The molecule has 0 saturated heterocycles. The van der Waals surface area contributed by atoms with Crippen molar-refractivity contribution in [1.29, 1.82) is 0 Å². The highest BCUT2D eigenvalue weighted by atomic mass is 35.5. The number of anilines is 3. The Morgan fingerprint density at radius 3 is 2.50 bits per heavy atom. The van der Waals surface area contributed by atoms with Crippen LogP contribution < -0.4 is 11.1 Å². The van der Waals surface area contributed by atoms with Crippen molar-refractivity contribution in [1.82, 2.24) is 9.97 Å². The molecule has 0 aliphatic heterocycles. The van der Waals surface area contributed by atoms with E-state index in [9.17, 15) is 13.2 Å². The standard InChI is InChI=1S/C10H6ClF3N4/c11-4-3-16-10(15)18-9(4)17-8-2-6(13)5(12)1-7(8)14/h1-3H,(H3,15,16,17,18). The molecule has 94 valence electrons. The summed E-state index contributed by atoms with van der Waals surface area (Å²) in [5.41, 5.74) is 5.01. The Bertz CT molecular complexity index is 606. The van der Waals surface area contributed by atoms with Crippen molar-refractivity contribution in [2.24, 2.45) is 0 Å². The van der Waals surface area contributed by atoms with Gasteiger partial charge in [0.25, 0.3) is 0 Å². The lowest BCUT2D eigenvalue weighted by Gasteiger charge is -2.08. The predicted molar refractivity (Wildman–Crippen MR) is 61.1 cm³/mol. The lowest BCUT2D eigenvalue weighted by Crippen LogP contribution is -2.02. The molecule has 0 radical (unpaired) electrons. The Labute approximate surface area is 105 Å². The second-order valence-corrected chi connectivity index (χ2v) is 3.70. The molecule has 0 aliphatic carbocycles. The van der Waals surface area contributed by atoms with Gasteiger partial charge in [-0.1, -0.05) is 11.6 Å². The maximum Gasteiger partial charge on any atom is 0.222 e. The summed E-state index contributed by atoms with van der Waals surface area (Å²) in [6.45, 7) is 0. The van der Waals surface area contributed by atoms with Crippen molar-refractivity contribution in [3.8, 4) is 0 Å². The molecule has 0 atom stereocenters. The predicted octanol–water partition coefficient (Wildman–Crippen LogP) is 2.87. The van der Waals surface area contributed by atoms with E-state index in [1.54, 1.807) is 0 Å². The molecule has 0 aliphatic rings. The van der Waals surface area contributed by atoms with Gasteiger partial charge < -0.3 is 11.1 Å². The third kappa shape index (κ3) is 2.45. The van der Waals surface area contributed by atoms with Crippen molar-refractivity contribution in [2.75, 3.05) is 11.1 Å². The zero-order valence-electron chi connectivity index (χ0n) is 8.72. The van der Waals surface area contributed by atoms with Gasteiger partial charge in [-0.05, 0) is 0 Å². The highest BCUT2D eigenvalue weighted by Crippen LogP contribution is 2.26. The van der Waals surface area contributed by atoms with E-state index in [4.69, 9.17) is 17.3 Å². The summed E-state index contributed by atoms with van der Waals surface area (Å²) < 4.78 is 39.1. The Hall–Kier alpha value is -2.02. The summed E-state index contributed by atoms with van der Waals surface area (Å²) in [6.07, 6.45) is 1.20. The minimum Gasteiger partial charge on any atom is -0.368 e. The molecule has 2 rings (SSSR count). The number of nitrogens with two attached hydrogens (primary N) is 1. The number of nitrogen functional groups attached to an aromatic ring is 1. The van der Waals surface area contributed by atoms with Crippen molar-refractivity contribution >= 4 is 29.1 Å². The first kappa shape index (κ1) is 12.4. The molecule has 0 saturated carbocycles. The van der Waals surface area contributed by atoms with E-state index in [1.807, 2.05) is 0 Å². The zero-order valence-corrected chi connectivity index (χ0v) is 9.47. The molecule has 2 aromatic rings. The van der Waals surface area contributed by atoms with E-state index in [0.29, 0.717) is 12.1 Å². The first-order valence-corrected chi connectivity index (χ1v) is 5.04. The normalized spacial score (nSPS) is 10.4. The molecule has 0 spiro atoms. The average molecular weight is 275 g/mol. The molecule has 4 nitrogen and oxygen atoms in total. The van der Waals surface area contributed by atoms with Gasteiger partial charge in [-0.25, -0.2) is 18.2 Å². The Balaban J connectivity index is 2.40. The van der Waals surface area contributed by atoms with Crippen LogP contribution in [0.4, 0.5) is 30.6 Å². The third-order valence-electron chi connectivity index (χ3n) is 2.03. The van der Waals surface area contributed by atoms with E-state index >= 15 is 0 Å². The summed E-state index contributed by atoms with van der Waals surface area (Å²) in [6, 6.07) is 1.06. The fourth-order valence-electron chi connectivity index (χ4n) is 1.21. The van der Waals surface area contributed by atoms with Gasteiger partial charge in [-0.3, -0.25) is 0 Å². The largest absolute Gasteiger partial charge is 0.368 e. The fourth-order valence-corrected chi connectivity index (χ4v) is 1.35. The number of hydrogen-bond acceptors (Lipinski definition) is 4. The number of benzene rings is 1. The summed E-state index contributed by atoms with van der Waals surface area (Å²) in [4.78, 5) is 7.30. The van der Waals surface area contributed by atoms with Crippen LogP contribution in [0.1, 0.15) is 0 Å². The van der Waals surface area contributed by atoms with Gasteiger partial charge in [0.15, 0.2) is 17.5 Å². The Morgan fingerprint density at radius 1 is 1.11 bits per heavy atom. The number of hydrogen-bond donors (Lipinski definition) is 2. The molecular formula is C10H6ClF3N4. The molecule has 0 bridgehead atoms. The molecular weight excluding hydrogens is 269 g/mol. The number of aromatic nitrogens is 2. The number of nitrogens with zero attached hydrogens (tertiary/aromatic N) is 2.